The van der Waals surface area contributed by atoms with Crippen LogP contribution >= 0.6 is 11.3 Å². The third-order valence-corrected chi connectivity index (χ3v) is 2.75. The molecule has 0 aromatic carbocycles. The lowest BCUT2D eigenvalue weighted by Gasteiger charge is -1.91. The molecular weight excluding hydrogens is 182 g/mol. The molecule has 2 aromatic heterocycles. The fraction of sp³-hybridized carbons (Fsp3) is 0.333. The molecule has 0 saturated heterocycles. The standard InChI is InChI=1S/C9H11N3S/c1-7-10-9(12-11-7)5-4-8-3-2-6-13-8/h2-3,6H,4-5H2,1H3,(H,10,11,12). The van der Waals surface area contributed by atoms with Gasteiger partial charge in [-0.3, -0.25) is 5.10 Å². The quantitative estimate of drug-likeness (QED) is 0.809. The molecule has 0 bridgehead atoms. The third kappa shape index (κ3) is 2.15. The van der Waals surface area contributed by atoms with Crippen molar-refractivity contribution in [1.82, 2.24) is 15.2 Å². The average molecular weight is 193 g/mol. The fourth-order valence-electron chi connectivity index (χ4n) is 1.19. The van der Waals surface area contributed by atoms with Gasteiger partial charge in [-0.15, -0.1) is 11.3 Å². The van der Waals surface area contributed by atoms with E-state index in [4.69, 9.17) is 0 Å². The van der Waals surface area contributed by atoms with Crippen molar-refractivity contribution in [3.63, 3.8) is 0 Å². The van der Waals surface area contributed by atoms with Crippen LogP contribution < -0.4 is 0 Å². The number of nitrogens with zero attached hydrogens (tertiary/aromatic N) is 2. The van der Waals surface area contributed by atoms with E-state index in [0.717, 1.165) is 24.5 Å². The highest BCUT2D eigenvalue weighted by Gasteiger charge is 2.00. The number of rotatable bonds is 3. The van der Waals surface area contributed by atoms with E-state index in [1.54, 1.807) is 11.3 Å². The van der Waals surface area contributed by atoms with E-state index in [0.29, 0.717) is 0 Å². The van der Waals surface area contributed by atoms with Gasteiger partial charge in [-0.2, -0.15) is 5.10 Å². The van der Waals surface area contributed by atoms with Gasteiger partial charge in [0.15, 0.2) is 5.82 Å². The third-order valence-electron chi connectivity index (χ3n) is 1.82. The van der Waals surface area contributed by atoms with Gasteiger partial charge in [-0.1, -0.05) is 6.07 Å². The maximum absolute atomic E-state index is 4.25. The number of hydrogen-bond donors (Lipinski definition) is 1. The Morgan fingerprint density at radius 1 is 1.46 bits per heavy atom. The Hall–Kier alpha value is -1.16. The van der Waals surface area contributed by atoms with E-state index < -0.39 is 0 Å². The normalized spacial score (nSPS) is 10.5. The molecule has 0 saturated carbocycles. The molecule has 1 N–H and O–H groups in total. The zero-order valence-electron chi connectivity index (χ0n) is 7.45. The molecule has 0 spiro atoms. The van der Waals surface area contributed by atoms with E-state index in [2.05, 4.69) is 32.7 Å². The van der Waals surface area contributed by atoms with Gasteiger partial charge in [0.1, 0.15) is 5.82 Å². The predicted molar refractivity (Wildman–Crippen MR) is 52.8 cm³/mol. The monoisotopic (exact) mass is 193 g/mol. The van der Waals surface area contributed by atoms with Crippen LogP contribution in [0.4, 0.5) is 0 Å². The number of aryl methyl sites for hydroxylation is 3. The van der Waals surface area contributed by atoms with E-state index in [-0.39, 0.29) is 0 Å². The van der Waals surface area contributed by atoms with Crippen molar-refractivity contribution in [3.05, 3.63) is 34.0 Å². The molecule has 68 valence electrons. The van der Waals surface area contributed by atoms with Gasteiger partial charge in [0.2, 0.25) is 0 Å². The molecule has 4 heteroatoms. The minimum Gasteiger partial charge on any atom is -0.263 e. The maximum atomic E-state index is 4.25. The summed E-state index contributed by atoms with van der Waals surface area (Å²) in [5, 5.41) is 9.02. The Kier molecular flexibility index (Phi) is 2.40. The van der Waals surface area contributed by atoms with Crippen molar-refractivity contribution < 1.29 is 0 Å². The lowest BCUT2D eigenvalue weighted by Crippen LogP contribution is -1.91. The fourth-order valence-corrected chi connectivity index (χ4v) is 1.90. The van der Waals surface area contributed by atoms with Crippen LogP contribution in [-0.4, -0.2) is 15.2 Å². The van der Waals surface area contributed by atoms with Crippen LogP contribution in [0.1, 0.15) is 16.5 Å². The summed E-state index contributed by atoms with van der Waals surface area (Å²) in [6.07, 6.45) is 1.96. The molecule has 0 atom stereocenters. The summed E-state index contributed by atoms with van der Waals surface area (Å²) < 4.78 is 0. The number of thiophene rings is 1. The molecular formula is C9H11N3S. The largest absolute Gasteiger partial charge is 0.263 e. The number of nitrogens with one attached hydrogen (secondary N) is 1. The molecule has 0 fully saturated rings. The number of hydrogen-bond acceptors (Lipinski definition) is 3. The molecule has 0 aliphatic rings. The second kappa shape index (κ2) is 3.70. The van der Waals surface area contributed by atoms with Crippen molar-refractivity contribution in [3.8, 4) is 0 Å². The molecule has 0 radical (unpaired) electrons. The number of aromatic nitrogens is 3. The molecule has 2 aromatic rings. The van der Waals surface area contributed by atoms with Crippen LogP contribution in [0.5, 0.6) is 0 Å². The molecule has 0 unspecified atom stereocenters. The van der Waals surface area contributed by atoms with Gasteiger partial charge < -0.3 is 0 Å². The summed E-state index contributed by atoms with van der Waals surface area (Å²) in [6, 6.07) is 4.22. The summed E-state index contributed by atoms with van der Waals surface area (Å²) in [4.78, 5) is 5.64. The first-order chi connectivity index (χ1) is 6.34. The highest BCUT2D eigenvalue weighted by molar-refractivity contribution is 7.09. The smallest absolute Gasteiger partial charge is 0.151 e. The first kappa shape index (κ1) is 8.44. The van der Waals surface area contributed by atoms with Gasteiger partial charge in [0.25, 0.3) is 0 Å². The summed E-state index contributed by atoms with van der Waals surface area (Å²) in [7, 11) is 0. The summed E-state index contributed by atoms with van der Waals surface area (Å²) in [6.45, 7) is 1.92. The molecule has 3 nitrogen and oxygen atoms in total. The van der Waals surface area contributed by atoms with Crippen molar-refractivity contribution >= 4 is 11.3 Å². The minimum absolute atomic E-state index is 0.890. The Bertz CT molecular complexity index is 364. The summed E-state index contributed by atoms with van der Waals surface area (Å²) in [5.74, 6) is 1.80. The topological polar surface area (TPSA) is 41.6 Å². The van der Waals surface area contributed by atoms with E-state index >= 15 is 0 Å². The van der Waals surface area contributed by atoms with Gasteiger partial charge in [0, 0.05) is 11.3 Å². The Morgan fingerprint density at radius 2 is 2.38 bits per heavy atom. The predicted octanol–water partition coefficient (Wildman–Crippen LogP) is 1.96. The summed E-state index contributed by atoms with van der Waals surface area (Å²) in [5.41, 5.74) is 0. The van der Waals surface area contributed by atoms with Gasteiger partial charge in [-0.25, -0.2) is 4.98 Å². The maximum Gasteiger partial charge on any atom is 0.151 e. The van der Waals surface area contributed by atoms with Gasteiger partial charge >= 0.3 is 0 Å². The Balaban J connectivity index is 1.93. The molecule has 0 aliphatic carbocycles. The second-order valence-corrected chi connectivity index (χ2v) is 3.95. The van der Waals surface area contributed by atoms with Crippen molar-refractivity contribution in [2.45, 2.75) is 19.8 Å². The van der Waals surface area contributed by atoms with E-state index in [9.17, 15) is 0 Å². The van der Waals surface area contributed by atoms with Crippen LogP contribution in [0.2, 0.25) is 0 Å². The molecule has 0 amide bonds. The molecule has 0 aliphatic heterocycles. The Morgan fingerprint density at radius 3 is 3.00 bits per heavy atom. The first-order valence-corrected chi connectivity index (χ1v) is 5.13. The van der Waals surface area contributed by atoms with Crippen LogP contribution in [0.25, 0.3) is 0 Å². The van der Waals surface area contributed by atoms with Crippen LogP contribution in [-0.2, 0) is 12.8 Å². The molecule has 13 heavy (non-hydrogen) atoms. The zero-order chi connectivity index (χ0) is 9.10. The highest BCUT2D eigenvalue weighted by Crippen LogP contribution is 2.10. The summed E-state index contributed by atoms with van der Waals surface area (Å²) >= 11 is 1.78. The lowest BCUT2D eigenvalue weighted by atomic mass is 10.2. The van der Waals surface area contributed by atoms with Gasteiger partial charge in [0.05, 0.1) is 0 Å². The number of H-pyrrole nitrogens is 1. The Labute approximate surface area is 80.8 Å². The second-order valence-electron chi connectivity index (χ2n) is 2.92. The average Bonchev–Trinajstić information content (AvgIpc) is 2.71. The van der Waals surface area contributed by atoms with E-state index in [1.807, 2.05) is 6.92 Å². The van der Waals surface area contributed by atoms with Crippen LogP contribution in [0.3, 0.4) is 0 Å². The minimum atomic E-state index is 0.890. The SMILES string of the molecule is Cc1nc(CCc2cccs2)n[nH]1. The van der Waals surface area contributed by atoms with Crippen LogP contribution in [0, 0.1) is 6.92 Å². The first-order valence-electron chi connectivity index (χ1n) is 4.25. The zero-order valence-corrected chi connectivity index (χ0v) is 8.27. The van der Waals surface area contributed by atoms with Crippen LogP contribution in [0.15, 0.2) is 17.5 Å². The van der Waals surface area contributed by atoms with E-state index in [1.165, 1.54) is 4.88 Å². The number of aromatic amines is 1. The van der Waals surface area contributed by atoms with Crippen molar-refractivity contribution in [1.29, 1.82) is 0 Å². The van der Waals surface area contributed by atoms with Crippen molar-refractivity contribution in [2.75, 3.05) is 0 Å². The highest BCUT2D eigenvalue weighted by atomic mass is 32.1. The van der Waals surface area contributed by atoms with Crippen molar-refractivity contribution in [2.24, 2.45) is 0 Å². The van der Waals surface area contributed by atoms with Gasteiger partial charge in [-0.05, 0) is 24.8 Å². The molecule has 2 heterocycles. The lowest BCUT2D eigenvalue weighted by molar-refractivity contribution is 0.875. The molecule has 2 rings (SSSR count).